The zero-order valence-electron chi connectivity index (χ0n) is 13.8. The first-order chi connectivity index (χ1) is 10.6. The number of rotatable bonds is 13. The van der Waals surface area contributed by atoms with Crippen LogP contribution in [-0.2, 0) is 6.54 Å². The first-order valence-corrected chi connectivity index (χ1v) is 8.67. The van der Waals surface area contributed by atoms with Crippen molar-refractivity contribution in [1.29, 1.82) is 0 Å². The Labute approximate surface area is 133 Å². The summed E-state index contributed by atoms with van der Waals surface area (Å²) in [5, 5.41) is 8.98. The number of unbranched alkanes of at least 4 members (excludes halogenated alkanes) is 7. The monoisotopic (exact) mass is 311 g/mol. The average molecular weight is 311 g/mol. The molecule has 1 atom stereocenters. The smallest absolute Gasteiger partial charge is 0.352 e. The minimum atomic E-state index is -0.955. The molecule has 1 N–H and O–H groups in total. The molecule has 0 saturated heterocycles. The minimum absolute atomic E-state index is 0.235. The summed E-state index contributed by atoms with van der Waals surface area (Å²) in [4.78, 5) is 11.0. The standard InChI is InChI=1S/C18H30FNO2/c1-2-3-4-5-6-7-8-9-11-16(19)13-15-20-14-10-12-17(20)18(21)22/h10,12,14,16H,2-9,11,13,15H2,1H3,(H,21,22). The van der Waals surface area contributed by atoms with Gasteiger partial charge in [-0.3, -0.25) is 0 Å². The van der Waals surface area contributed by atoms with Crippen LogP contribution in [0.5, 0.6) is 0 Å². The van der Waals surface area contributed by atoms with Crippen molar-refractivity contribution in [2.45, 2.75) is 83.8 Å². The van der Waals surface area contributed by atoms with Gasteiger partial charge in [-0.25, -0.2) is 9.18 Å². The average Bonchev–Trinajstić information content (AvgIpc) is 2.96. The van der Waals surface area contributed by atoms with Gasteiger partial charge in [0, 0.05) is 12.7 Å². The van der Waals surface area contributed by atoms with E-state index in [1.807, 2.05) is 0 Å². The van der Waals surface area contributed by atoms with E-state index in [1.54, 1.807) is 22.9 Å². The number of carboxylic acids is 1. The summed E-state index contributed by atoms with van der Waals surface area (Å²) in [5.41, 5.74) is 0.235. The maximum absolute atomic E-state index is 13.8. The molecule has 22 heavy (non-hydrogen) atoms. The van der Waals surface area contributed by atoms with Gasteiger partial charge in [-0.05, 0) is 25.0 Å². The summed E-state index contributed by atoms with van der Waals surface area (Å²) in [6, 6.07) is 3.24. The molecule has 0 aliphatic heterocycles. The Morgan fingerprint density at radius 1 is 1.14 bits per heavy atom. The number of aromatic nitrogens is 1. The quantitative estimate of drug-likeness (QED) is 0.492. The molecule has 0 aliphatic rings. The van der Waals surface area contributed by atoms with Gasteiger partial charge in [-0.1, -0.05) is 58.3 Å². The molecule has 3 nitrogen and oxygen atoms in total. The maximum Gasteiger partial charge on any atom is 0.352 e. The predicted octanol–water partition coefficient (Wildman–Crippen LogP) is 5.45. The second-order valence-electron chi connectivity index (χ2n) is 6.04. The van der Waals surface area contributed by atoms with Gasteiger partial charge >= 0.3 is 5.97 Å². The molecular formula is C18H30FNO2. The van der Waals surface area contributed by atoms with Crippen LogP contribution in [-0.4, -0.2) is 21.8 Å². The number of hydrogen-bond donors (Lipinski definition) is 1. The molecule has 126 valence electrons. The summed E-state index contributed by atoms with van der Waals surface area (Å²) in [6.07, 6.45) is 11.6. The van der Waals surface area contributed by atoms with Crippen molar-refractivity contribution in [1.82, 2.24) is 4.57 Å². The van der Waals surface area contributed by atoms with Gasteiger partial charge in [-0.2, -0.15) is 0 Å². The molecule has 0 aliphatic carbocycles. The van der Waals surface area contributed by atoms with Gasteiger partial charge in [0.05, 0.1) is 0 Å². The number of aromatic carboxylic acids is 1. The summed E-state index contributed by atoms with van der Waals surface area (Å²) >= 11 is 0. The molecule has 0 spiro atoms. The van der Waals surface area contributed by atoms with E-state index in [0.29, 0.717) is 19.4 Å². The summed E-state index contributed by atoms with van der Waals surface area (Å²) in [5.74, 6) is -0.955. The van der Waals surface area contributed by atoms with Crippen molar-refractivity contribution in [3.05, 3.63) is 24.0 Å². The Morgan fingerprint density at radius 2 is 1.77 bits per heavy atom. The second-order valence-corrected chi connectivity index (χ2v) is 6.04. The normalized spacial score (nSPS) is 12.5. The van der Waals surface area contributed by atoms with E-state index in [1.165, 1.54) is 38.5 Å². The van der Waals surface area contributed by atoms with E-state index >= 15 is 0 Å². The summed E-state index contributed by atoms with van der Waals surface area (Å²) < 4.78 is 15.5. The van der Waals surface area contributed by atoms with E-state index in [-0.39, 0.29) is 5.69 Å². The van der Waals surface area contributed by atoms with Crippen LogP contribution in [0.15, 0.2) is 18.3 Å². The Kier molecular flexibility index (Phi) is 9.60. The number of hydrogen-bond acceptors (Lipinski definition) is 1. The lowest BCUT2D eigenvalue weighted by Crippen LogP contribution is -2.11. The van der Waals surface area contributed by atoms with Crippen molar-refractivity contribution in [3.8, 4) is 0 Å². The number of alkyl halides is 1. The Hall–Kier alpha value is -1.32. The molecule has 0 radical (unpaired) electrons. The van der Waals surface area contributed by atoms with E-state index in [0.717, 1.165) is 12.8 Å². The summed E-state index contributed by atoms with van der Waals surface area (Å²) in [6.45, 7) is 2.65. The number of carbonyl (C=O) groups is 1. The minimum Gasteiger partial charge on any atom is -0.477 e. The fourth-order valence-corrected chi connectivity index (χ4v) is 2.73. The van der Waals surface area contributed by atoms with Gasteiger partial charge in [0.15, 0.2) is 0 Å². The predicted molar refractivity (Wildman–Crippen MR) is 88.1 cm³/mol. The third kappa shape index (κ3) is 7.62. The van der Waals surface area contributed by atoms with Gasteiger partial charge in [-0.15, -0.1) is 0 Å². The molecule has 1 heterocycles. The number of carboxylic acid groups (broad SMARTS) is 1. The van der Waals surface area contributed by atoms with Crippen molar-refractivity contribution >= 4 is 5.97 Å². The fourth-order valence-electron chi connectivity index (χ4n) is 2.73. The highest BCUT2D eigenvalue weighted by molar-refractivity contribution is 5.85. The third-order valence-electron chi connectivity index (χ3n) is 4.10. The van der Waals surface area contributed by atoms with Crippen LogP contribution < -0.4 is 0 Å². The molecule has 0 aromatic carbocycles. The van der Waals surface area contributed by atoms with Gasteiger partial charge in [0.1, 0.15) is 11.9 Å². The maximum atomic E-state index is 13.8. The molecule has 1 unspecified atom stereocenters. The van der Waals surface area contributed by atoms with E-state index in [4.69, 9.17) is 5.11 Å². The van der Waals surface area contributed by atoms with Crippen molar-refractivity contribution in [3.63, 3.8) is 0 Å². The zero-order valence-corrected chi connectivity index (χ0v) is 13.8. The molecule has 0 amide bonds. The lowest BCUT2D eigenvalue weighted by Gasteiger charge is -2.10. The van der Waals surface area contributed by atoms with Crippen LogP contribution in [0, 0.1) is 0 Å². The highest BCUT2D eigenvalue weighted by atomic mass is 19.1. The van der Waals surface area contributed by atoms with Crippen molar-refractivity contribution in [2.24, 2.45) is 0 Å². The molecule has 0 bridgehead atoms. The van der Waals surface area contributed by atoms with Crippen molar-refractivity contribution < 1.29 is 14.3 Å². The molecule has 1 rings (SSSR count). The van der Waals surface area contributed by atoms with Crippen molar-refractivity contribution in [2.75, 3.05) is 0 Å². The Morgan fingerprint density at radius 3 is 2.41 bits per heavy atom. The topological polar surface area (TPSA) is 42.2 Å². The molecule has 0 saturated carbocycles. The second kappa shape index (κ2) is 11.3. The van der Waals surface area contributed by atoms with Crippen LogP contribution >= 0.6 is 0 Å². The molecular weight excluding hydrogens is 281 g/mol. The summed E-state index contributed by atoms with van der Waals surface area (Å²) in [7, 11) is 0. The van der Waals surface area contributed by atoms with Crippen LogP contribution in [0.4, 0.5) is 4.39 Å². The van der Waals surface area contributed by atoms with Crippen LogP contribution in [0.2, 0.25) is 0 Å². The van der Waals surface area contributed by atoms with E-state index in [2.05, 4.69) is 6.92 Å². The largest absolute Gasteiger partial charge is 0.477 e. The highest BCUT2D eigenvalue weighted by Crippen LogP contribution is 2.15. The molecule has 1 aromatic rings. The zero-order chi connectivity index (χ0) is 16.2. The lowest BCUT2D eigenvalue weighted by molar-refractivity contribution is 0.0684. The van der Waals surface area contributed by atoms with E-state index < -0.39 is 12.1 Å². The van der Waals surface area contributed by atoms with Gasteiger partial charge in [0.2, 0.25) is 0 Å². The Bertz CT molecular complexity index is 417. The highest BCUT2D eigenvalue weighted by Gasteiger charge is 2.11. The third-order valence-corrected chi connectivity index (χ3v) is 4.10. The number of nitrogens with zero attached hydrogens (tertiary/aromatic N) is 1. The lowest BCUT2D eigenvalue weighted by atomic mass is 10.1. The first-order valence-electron chi connectivity index (χ1n) is 8.67. The SMILES string of the molecule is CCCCCCCCCCC(F)CCn1cccc1C(=O)O. The number of aryl methyl sites for hydroxylation is 1. The first kappa shape index (κ1) is 18.7. The van der Waals surface area contributed by atoms with E-state index in [9.17, 15) is 9.18 Å². The number of halogens is 1. The molecule has 0 fully saturated rings. The van der Waals surface area contributed by atoms with Gasteiger partial charge in [0.25, 0.3) is 0 Å². The molecule has 4 heteroatoms. The van der Waals surface area contributed by atoms with Gasteiger partial charge < -0.3 is 9.67 Å². The van der Waals surface area contributed by atoms with Crippen LogP contribution in [0.3, 0.4) is 0 Å². The fraction of sp³-hybridized carbons (Fsp3) is 0.722. The van der Waals surface area contributed by atoms with Crippen LogP contribution in [0.1, 0.15) is 81.6 Å². The van der Waals surface area contributed by atoms with Crippen LogP contribution in [0.25, 0.3) is 0 Å². The molecule has 1 aromatic heterocycles. The Balaban J connectivity index is 2.05.